The molecule has 0 saturated carbocycles. The number of aromatic nitrogens is 3. The van der Waals surface area contributed by atoms with E-state index < -0.39 is 0 Å². The predicted octanol–water partition coefficient (Wildman–Crippen LogP) is 1.58. The zero-order valence-electron chi connectivity index (χ0n) is 12.2. The molecule has 1 aliphatic rings. The molecule has 1 atom stereocenters. The Bertz CT molecular complexity index is 620. The van der Waals surface area contributed by atoms with Gasteiger partial charge in [-0.2, -0.15) is 0 Å². The topological polar surface area (TPSA) is 70.7 Å². The van der Waals surface area contributed by atoms with Gasteiger partial charge < -0.3 is 10.3 Å². The van der Waals surface area contributed by atoms with Crippen molar-refractivity contribution >= 4 is 5.91 Å². The summed E-state index contributed by atoms with van der Waals surface area (Å²) in [5, 5.41) is 3.04. The van der Waals surface area contributed by atoms with E-state index in [0.717, 1.165) is 42.9 Å². The van der Waals surface area contributed by atoms with Gasteiger partial charge >= 0.3 is 0 Å². The average Bonchev–Trinajstić information content (AvgIpc) is 2.87. The number of hydrogen-bond donors (Lipinski definition) is 2. The molecule has 0 aliphatic heterocycles. The molecule has 0 spiro atoms. The largest absolute Gasteiger partial charge is 0.356 e. The number of aryl methyl sites for hydroxylation is 2. The summed E-state index contributed by atoms with van der Waals surface area (Å²) in [7, 11) is 0. The molecule has 1 amide bonds. The molecule has 5 heteroatoms. The molecule has 0 saturated heterocycles. The fourth-order valence-corrected chi connectivity index (χ4v) is 2.87. The SMILES string of the molecule is Cc1nc2c([nH]1)CC(C(=O)NCCc1ccncc1)CC2. The summed E-state index contributed by atoms with van der Waals surface area (Å²) in [6, 6.07) is 3.96. The molecular weight excluding hydrogens is 264 g/mol. The maximum absolute atomic E-state index is 12.2. The highest BCUT2D eigenvalue weighted by molar-refractivity contribution is 5.79. The van der Waals surface area contributed by atoms with Crippen LogP contribution in [0.25, 0.3) is 0 Å². The first-order chi connectivity index (χ1) is 10.2. The minimum absolute atomic E-state index is 0.0646. The number of carbonyl (C=O) groups is 1. The molecule has 5 nitrogen and oxygen atoms in total. The highest BCUT2D eigenvalue weighted by Gasteiger charge is 2.26. The number of nitrogens with zero attached hydrogens (tertiary/aromatic N) is 2. The number of pyridine rings is 1. The van der Waals surface area contributed by atoms with Crippen LogP contribution in [0.5, 0.6) is 0 Å². The van der Waals surface area contributed by atoms with Gasteiger partial charge in [-0.25, -0.2) is 4.98 Å². The summed E-state index contributed by atoms with van der Waals surface area (Å²) >= 11 is 0. The third-order valence-corrected chi connectivity index (χ3v) is 4.00. The number of carbonyl (C=O) groups excluding carboxylic acids is 1. The normalized spacial score (nSPS) is 17.3. The molecule has 0 radical (unpaired) electrons. The first-order valence-electron chi connectivity index (χ1n) is 7.43. The van der Waals surface area contributed by atoms with Gasteiger partial charge in [0, 0.05) is 37.0 Å². The van der Waals surface area contributed by atoms with Gasteiger partial charge in [0.2, 0.25) is 5.91 Å². The van der Waals surface area contributed by atoms with Gasteiger partial charge in [0.1, 0.15) is 5.82 Å². The summed E-state index contributed by atoms with van der Waals surface area (Å²) < 4.78 is 0. The van der Waals surface area contributed by atoms with E-state index in [1.54, 1.807) is 12.4 Å². The monoisotopic (exact) mass is 284 g/mol. The Morgan fingerprint density at radius 2 is 2.24 bits per heavy atom. The summed E-state index contributed by atoms with van der Waals surface area (Å²) in [5.41, 5.74) is 3.46. The van der Waals surface area contributed by atoms with Gasteiger partial charge in [-0.15, -0.1) is 0 Å². The first-order valence-corrected chi connectivity index (χ1v) is 7.43. The van der Waals surface area contributed by atoms with E-state index in [4.69, 9.17) is 0 Å². The van der Waals surface area contributed by atoms with Crippen molar-refractivity contribution in [2.24, 2.45) is 5.92 Å². The second-order valence-corrected chi connectivity index (χ2v) is 5.58. The Kier molecular flexibility index (Phi) is 3.99. The molecule has 0 aromatic carbocycles. The van der Waals surface area contributed by atoms with Gasteiger partial charge in [0.15, 0.2) is 0 Å². The quantitative estimate of drug-likeness (QED) is 0.895. The lowest BCUT2D eigenvalue weighted by Gasteiger charge is -2.20. The number of fused-ring (bicyclic) bond motifs is 1. The van der Waals surface area contributed by atoms with Crippen molar-refractivity contribution in [1.29, 1.82) is 0 Å². The van der Waals surface area contributed by atoms with Crippen molar-refractivity contribution in [3.05, 3.63) is 47.3 Å². The van der Waals surface area contributed by atoms with E-state index in [1.165, 1.54) is 5.56 Å². The van der Waals surface area contributed by atoms with Crippen molar-refractivity contribution in [2.45, 2.75) is 32.6 Å². The van der Waals surface area contributed by atoms with Gasteiger partial charge in [-0.05, 0) is 43.9 Å². The average molecular weight is 284 g/mol. The van der Waals surface area contributed by atoms with Crippen LogP contribution in [0.4, 0.5) is 0 Å². The minimum Gasteiger partial charge on any atom is -0.356 e. The molecule has 21 heavy (non-hydrogen) atoms. The third kappa shape index (κ3) is 3.29. The van der Waals surface area contributed by atoms with Crippen LogP contribution in [-0.4, -0.2) is 27.4 Å². The van der Waals surface area contributed by atoms with E-state index in [2.05, 4.69) is 20.3 Å². The molecule has 2 heterocycles. The van der Waals surface area contributed by atoms with Crippen molar-refractivity contribution < 1.29 is 4.79 Å². The van der Waals surface area contributed by atoms with Crippen LogP contribution in [-0.2, 0) is 24.1 Å². The molecule has 1 unspecified atom stereocenters. The van der Waals surface area contributed by atoms with E-state index in [9.17, 15) is 4.79 Å². The number of imidazole rings is 1. The van der Waals surface area contributed by atoms with E-state index in [0.29, 0.717) is 6.54 Å². The summed E-state index contributed by atoms with van der Waals surface area (Å²) in [5.74, 6) is 1.16. The van der Waals surface area contributed by atoms with Gasteiger partial charge in [0.05, 0.1) is 5.69 Å². The molecule has 2 N–H and O–H groups in total. The summed E-state index contributed by atoms with van der Waals surface area (Å²) in [6.45, 7) is 2.64. The maximum atomic E-state index is 12.2. The predicted molar refractivity (Wildman–Crippen MR) is 79.8 cm³/mol. The number of aromatic amines is 1. The first kappa shape index (κ1) is 13.8. The zero-order valence-corrected chi connectivity index (χ0v) is 12.2. The van der Waals surface area contributed by atoms with Crippen LogP contribution in [0.3, 0.4) is 0 Å². The second kappa shape index (κ2) is 6.08. The van der Waals surface area contributed by atoms with Crippen molar-refractivity contribution in [1.82, 2.24) is 20.3 Å². The van der Waals surface area contributed by atoms with E-state index in [-0.39, 0.29) is 11.8 Å². The molecule has 0 fully saturated rings. The number of rotatable bonds is 4. The van der Waals surface area contributed by atoms with Gasteiger partial charge in [0.25, 0.3) is 0 Å². The van der Waals surface area contributed by atoms with Crippen LogP contribution in [0.1, 0.15) is 29.2 Å². The van der Waals surface area contributed by atoms with Gasteiger partial charge in [-0.3, -0.25) is 9.78 Å². The summed E-state index contributed by atoms with van der Waals surface area (Å²) in [4.78, 5) is 24.0. The van der Waals surface area contributed by atoms with Crippen LogP contribution < -0.4 is 5.32 Å². The molecule has 0 bridgehead atoms. The van der Waals surface area contributed by atoms with E-state index >= 15 is 0 Å². The molecule has 2 aromatic rings. The second-order valence-electron chi connectivity index (χ2n) is 5.58. The van der Waals surface area contributed by atoms with Crippen molar-refractivity contribution in [2.75, 3.05) is 6.54 Å². The molecule has 1 aliphatic carbocycles. The standard InChI is InChI=1S/C16H20N4O/c1-11-19-14-3-2-13(10-15(14)20-11)16(21)18-9-6-12-4-7-17-8-5-12/h4-5,7-8,13H,2-3,6,9-10H2,1H3,(H,18,21)(H,19,20). The lowest BCUT2D eigenvalue weighted by Crippen LogP contribution is -2.35. The van der Waals surface area contributed by atoms with E-state index in [1.807, 2.05) is 19.1 Å². The Hall–Kier alpha value is -2.17. The zero-order chi connectivity index (χ0) is 14.7. The number of nitrogens with one attached hydrogen (secondary N) is 2. The fourth-order valence-electron chi connectivity index (χ4n) is 2.87. The minimum atomic E-state index is 0.0646. The van der Waals surface area contributed by atoms with Crippen molar-refractivity contribution in [3.8, 4) is 0 Å². The lowest BCUT2D eigenvalue weighted by atomic mass is 9.89. The molecular formula is C16H20N4O. The number of hydrogen-bond acceptors (Lipinski definition) is 3. The van der Waals surface area contributed by atoms with Crippen LogP contribution in [0, 0.1) is 12.8 Å². The molecule has 110 valence electrons. The summed E-state index contributed by atoms with van der Waals surface area (Å²) in [6.07, 6.45) is 6.95. The van der Waals surface area contributed by atoms with Crippen LogP contribution in [0.15, 0.2) is 24.5 Å². The lowest BCUT2D eigenvalue weighted by molar-refractivity contribution is -0.125. The Morgan fingerprint density at radius 1 is 1.43 bits per heavy atom. The maximum Gasteiger partial charge on any atom is 0.223 e. The van der Waals surface area contributed by atoms with Crippen molar-refractivity contribution in [3.63, 3.8) is 0 Å². The van der Waals surface area contributed by atoms with Crippen LogP contribution in [0.2, 0.25) is 0 Å². The number of amides is 1. The Labute approximate surface area is 124 Å². The van der Waals surface area contributed by atoms with Gasteiger partial charge in [-0.1, -0.05) is 0 Å². The molecule has 3 rings (SSSR count). The van der Waals surface area contributed by atoms with Crippen LogP contribution >= 0.6 is 0 Å². The third-order valence-electron chi connectivity index (χ3n) is 4.00. The number of H-pyrrole nitrogens is 1. The fraction of sp³-hybridized carbons (Fsp3) is 0.438. The molecule has 2 aromatic heterocycles. The highest BCUT2D eigenvalue weighted by Crippen LogP contribution is 2.23. The Balaban J connectivity index is 1.50. The Morgan fingerprint density at radius 3 is 3.05 bits per heavy atom. The highest BCUT2D eigenvalue weighted by atomic mass is 16.1. The smallest absolute Gasteiger partial charge is 0.223 e.